The summed E-state index contributed by atoms with van der Waals surface area (Å²) >= 11 is 18.8. The lowest BCUT2D eigenvalue weighted by atomic mass is 10.0. The molecule has 47 heavy (non-hydrogen) atoms. The van der Waals surface area contributed by atoms with Crippen molar-refractivity contribution in [1.29, 1.82) is 0 Å². The van der Waals surface area contributed by atoms with Crippen molar-refractivity contribution in [3.63, 3.8) is 0 Å². The van der Waals surface area contributed by atoms with Gasteiger partial charge < -0.3 is 10.2 Å². The second-order valence-electron chi connectivity index (χ2n) is 11.4. The normalized spacial score (nSPS) is 14.0. The van der Waals surface area contributed by atoms with Gasteiger partial charge in [-0.15, -0.1) is 0 Å². The molecule has 1 saturated carbocycles. The molecule has 0 aromatic heterocycles. The van der Waals surface area contributed by atoms with Crippen molar-refractivity contribution in [2.24, 2.45) is 0 Å². The van der Waals surface area contributed by atoms with Crippen LogP contribution < -0.4 is 9.62 Å². The number of carbonyl (C=O) groups excluding carboxylic acids is 2. The Bertz CT molecular complexity index is 1820. The third-order valence-electron chi connectivity index (χ3n) is 8.13. The first-order valence-electron chi connectivity index (χ1n) is 15.1. The highest BCUT2D eigenvalue weighted by Crippen LogP contribution is 2.30. The first-order valence-corrected chi connectivity index (χ1v) is 17.7. The van der Waals surface area contributed by atoms with Gasteiger partial charge in [0, 0.05) is 29.1 Å². The second-order valence-corrected chi connectivity index (χ2v) is 14.5. The van der Waals surface area contributed by atoms with Gasteiger partial charge in [-0.3, -0.25) is 13.9 Å². The summed E-state index contributed by atoms with van der Waals surface area (Å²) in [6.45, 7) is -0.833. The van der Waals surface area contributed by atoms with Crippen LogP contribution in [0.3, 0.4) is 0 Å². The molecule has 1 atom stereocenters. The highest BCUT2D eigenvalue weighted by molar-refractivity contribution is 7.92. The first-order chi connectivity index (χ1) is 22.5. The number of hydrogen-bond donors (Lipinski definition) is 1. The first kappa shape index (κ1) is 34.7. The minimum absolute atomic E-state index is 0.0203. The van der Waals surface area contributed by atoms with E-state index in [1.54, 1.807) is 36.4 Å². The number of nitrogens with one attached hydrogen (secondary N) is 1. The molecule has 1 N–H and O–H groups in total. The van der Waals surface area contributed by atoms with Crippen LogP contribution in [-0.2, 0) is 32.6 Å². The molecule has 12 heteroatoms. The Hall–Kier alpha value is -3.63. The van der Waals surface area contributed by atoms with E-state index in [1.165, 1.54) is 23.1 Å². The second kappa shape index (κ2) is 15.5. The van der Waals surface area contributed by atoms with Crippen molar-refractivity contribution < 1.29 is 22.4 Å². The highest BCUT2D eigenvalue weighted by atomic mass is 35.5. The zero-order chi connectivity index (χ0) is 33.6. The highest BCUT2D eigenvalue weighted by Gasteiger charge is 2.36. The molecule has 0 bridgehead atoms. The summed E-state index contributed by atoms with van der Waals surface area (Å²) in [4.78, 5) is 29.9. The molecule has 0 heterocycles. The molecule has 0 radical (unpaired) electrons. The number of nitrogens with zero attached hydrogens (tertiary/aromatic N) is 2. The zero-order valence-corrected chi connectivity index (χ0v) is 28.4. The number of rotatable bonds is 12. The van der Waals surface area contributed by atoms with E-state index in [0.717, 1.165) is 47.7 Å². The van der Waals surface area contributed by atoms with Crippen LogP contribution in [0.5, 0.6) is 0 Å². The molecular formula is C35H33Cl3FN3O4S. The molecule has 7 nitrogen and oxygen atoms in total. The maximum atomic E-state index is 14.6. The quantitative estimate of drug-likeness (QED) is 0.163. The van der Waals surface area contributed by atoms with Crippen molar-refractivity contribution in [1.82, 2.24) is 10.2 Å². The number of amides is 2. The largest absolute Gasteiger partial charge is 0.352 e. The Morgan fingerprint density at radius 3 is 2.15 bits per heavy atom. The molecule has 4 aromatic carbocycles. The Kier molecular flexibility index (Phi) is 11.5. The van der Waals surface area contributed by atoms with Crippen LogP contribution in [0.4, 0.5) is 10.1 Å². The summed E-state index contributed by atoms with van der Waals surface area (Å²) in [5, 5.41) is 3.48. The Morgan fingerprint density at radius 2 is 1.51 bits per heavy atom. The van der Waals surface area contributed by atoms with Gasteiger partial charge in [0.2, 0.25) is 11.8 Å². The number of anilines is 1. The van der Waals surface area contributed by atoms with E-state index < -0.39 is 34.3 Å². The van der Waals surface area contributed by atoms with E-state index >= 15 is 0 Å². The van der Waals surface area contributed by atoms with Crippen LogP contribution in [0.25, 0.3) is 0 Å². The van der Waals surface area contributed by atoms with Crippen LogP contribution >= 0.6 is 34.8 Å². The standard InChI is InChI=1S/C35H33Cl3FN3O4S/c36-26-16-15-25(30(37)20-26)22-41(33(19-24-9-3-1-4-10-24)35(44)40-27-11-7-8-12-27)34(43)23-42(28-17-18-32(39)31(38)21-28)47(45,46)29-13-5-2-6-14-29/h1-6,9-10,13-18,20-21,27,33H,7-8,11-12,19,22-23H2,(H,40,44)/t33-/m0/s1. The molecule has 246 valence electrons. The monoisotopic (exact) mass is 715 g/mol. The average Bonchev–Trinajstić information content (AvgIpc) is 3.57. The van der Waals surface area contributed by atoms with Crippen LogP contribution in [0, 0.1) is 5.82 Å². The molecule has 2 amide bonds. The topological polar surface area (TPSA) is 86.8 Å². The predicted molar refractivity (Wildman–Crippen MR) is 184 cm³/mol. The van der Waals surface area contributed by atoms with Crippen molar-refractivity contribution in [3.8, 4) is 0 Å². The molecule has 5 rings (SSSR count). The van der Waals surface area contributed by atoms with Gasteiger partial charge in [0.05, 0.1) is 15.6 Å². The van der Waals surface area contributed by atoms with E-state index in [4.69, 9.17) is 34.8 Å². The summed E-state index contributed by atoms with van der Waals surface area (Å²) in [6, 6.07) is 24.0. The number of carbonyl (C=O) groups is 2. The molecule has 0 spiro atoms. The SMILES string of the molecule is O=C(NC1CCCC1)[C@H](Cc1ccccc1)N(Cc1ccc(Cl)cc1Cl)C(=O)CN(c1ccc(F)c(Cl)c1)S(=O)(=O)c1ccccc1. The van der Waals surface area contributed by atoms with Gasteiger partial charge in [-0.2, -0.15) is 0 Å². The summed E-state index contributed by atoms with van der Waals surface area (Å²) < 4.78 is 43.2. The number of sulfonamides is 1. The molecule has 0 aliphatic heterocycles. The maximum Gasteiger partial charge on any atom is 0.264 e. The van der Waals surface area contributed by atoms with Gasteiger partial charge >= 0.3 is 0 Å². The smallest absolute Gasteiger partial charge is 0.264 e. The third-order valence-corrected chi connectivity index (χ3v) is 10.8. The van der Waals surface area contributed by atoms with E-state index in [0.29, 0.717) is 10.6 Å². The Balaban J connectivity index is 1.59. The lowest BCUT2D eigenvalue weighted by molar-refractivity contribution is -0.140. The minimum Gasteiger partial charge on any atom is -0.352 e. The van der Waals surface area contributed by atoms with Crippen molar-refractivity contribution >= 4 is 62.3 Å². The number of hydrogen-bond acceptors (Lipinski definition) is 4. The zero-order valence-electron chi connectivity index (χ0n) is 25.3. The summed E-state index contributed by atoms with van der Waals surface area (Å²) in [6.07, 6.45) is 3.79. The van der Waals surface area contributed by atoms with Crippen LogP contribution in [0.1, 0.15) is 36.8 Å². The molecule has 0 unspecified atom stereocenters. The molecule has 1 aliphatic carbocycles. The molecule has 1 fully saturated rings. The average molecular weight is 717 g/mol. The summed E-state index contributed by atoms with van der Waals surface area (Å²) in [5.41, 5.74) is 1.30. The van der Waals surface area contributed by atoms with Crippen LogP contribution in [0.2, 0.25) is 15.1 Å². The minimum atomic E-state index is -4.36. The molecule has 1 aliphatic rings. The lowest BCUT2D eigenvalue weighted by Gasteiger charge is -2.34. The molecule has 4 aromatic rings. The van der Waals surface area contributed by atoms with Crippen LogP contribution in [-0.4, -0.2) is 43.8 Å². The number of benzene rings is 4. The van der Waals surface area contributed by atoms with E-state index in [2.05, 4.69) is 5.32 Å². The molecular weight excluding hydrogens is 684 g/mol. The third kappa shape index (κ3) is 8.65. The van der Waals surface area contributed by atoms with E-state index in [9.17, 15) is 22.4 Å². The van der Waals surface area contributed by atoms with Crippen molar-refractivity contribution in [2.75, 3.05) is 10.8 Å². The summed E-state index contributed by atoms with van der Waals surface area (Å²) in [5.74, 6) is -1.79. The van der Waals surface area contributed by atoms with Crippen molar-refractivity contribution in [2.45, 2.75) is 55.6 Å². The summed E-state index contributed by atoms with van der Waals surface area (Å²) in [7, 11) is -4.36. The van der Waals surface area contributed by atoms with Gasteiger partial charge in [-0.25, -0.2) is 12.8 Å². The van der Waals surface area contributed by atoms with Gasteiger partial charge in [-0.1, -0.05) is 102 Å². The predicted octanol–water partition coefficient (Wildman–Crippen LogP) is 7.68. The van der Waals surface area contributed by atoms with Gasteiger partial charge in [0.15, 0.2) is 0 Å². The fraction of sp³-hybridized carbons (Fsp3) is 0.257. The van der Waals surface area contributed by atoms with E-state index in [-0.39, 0.29) is 45.5 Å². The molecule has 0 saturated heterocycles. The van der Waals surface area contributed by atoms with E-state index in [1.807, 2.05) is 30.3 Å². The van der Waals surface area contributed by atoms with Crippen molar-refractivity contribution in [3.05, 3.63) is 129 Å². The Morgan fingerprint density at radius 1 is 0.851 bits per heavy atom. The fourth-order valence-corrected chi connectivity index (χ4v) is 7.71. The lowest BCUT2D eigenvalue weighted by Crippen LogP contribution is -2.54. The Labute approximate surface area is 289 Å². The van der Waals surface area contributed by atoms with Gasteiger partial charge in [-0.05, 0) is 66.4 Å². The maximum absolute atomic E-state index is 14.6. The van der Waals surface area contributed by atoms with Gasteiger partial charge in [0.1, 0.15) is 18.4 Å². The van der Waals surface area contributed by atoms with Crippen LogP contribution in [0.15, 0.2) is 102 Å². The van der Waals surface area contributed by atoms with Gasteiger partial charge in [0.25, 0.3) is 10.0 Å². The fourth-order valence-electron chi connectivity index (χ4n) is 5.64. The number of halogens is 4.